The number of nitrogens with one attached hydrogen (secondary N) is 1. The quantitative estimate of drug-likeness (QED) is 0.0786. The minimum absolute atomic E-state index is 0.0850. The number of hydrogen-bond donors (Lipinski definition) is 13. The van der Waals surface area contributed by atoms with Crippen molar-refractivity contribution in [2.45, 2.75) is 129 Å². The van der Waals surface area contributed by atoms with Gasteiger partial charge in [-0.05, 0) is 37.1 Å². The molecule has 0 radical (unpaired) electrons. The zero-order valence-electron chi connectivity index (χ0n) is 28.9. The largest absolute Gasteiger partial charge is 0.497 e. The fourth-order valence-electron chi connectivity index (χ4n) is 6.99. The summed E-state index contributed by atoms with van der Waals surface area (Å²) in [6.45, 7) is -0.162. The molecular weight excluding hydrogens is 692 g/mol. The van der Waals surface area contributed by atoms with E-state index in [1.165, 1.54) is 0 Å². The van der Waals surface area contributed by atoms with Crippen molar-refractivity contribution in [2.24, 2.45) is 28.7 Å². The number of rotatable bonds is 14. The lowest BCUT2D eigenvalue weighted by Crippen LogP contribution is -2.68. The Hall–Kier alpha value is -1.74. The molecule has 1 saturated carbocycles. The monoisotopic (exact) mass is 748 g/mol. The summed E-state index contributed by atoms with van der Waals surface area (Å²) in [6, 6.07) is 3.36. The van der Waals surface area contributed by atoms with Crippen LogP contribution in [-0.2, 0) is 34.8 Å². The molecule has 298 valence electrons. The maximum Gasteiger partial charge on any atom is 0.187 e. The summed E-state index contributed by atoms with van der Waals surface area (Å²) in [4.78, 5) is 0. The van der Waals surface area contributed by atoms with Crippen LogP contribution in [0.5, 0.6) is 5.75 Å². The van der Waals surface area contributed by atoms with Crippen molar-refractivity contribution < 1.29 is 68.9 Å². The SMILES string of the molecule is COc1ccc(CCNC[C@H]2O[C@H](O[C@H]3[C@H](O[C@@H]4O[C@H](CO)[C@@H](O[C@H]5OC(CN)[C@@H](O)[C@H](O)[C@H]5N)[C@H]4O)[C@@H](O)[C@H](N)C[C@@H]3N)[C@H](N)[C@@H](O)[C@@H]2O)cc1. The van der Waals surface area contributed by atoms with Gasteiger partial charge in [0, 0.05) is 25.2 Å². The lowest BCUT2D eigenvalue weighted by molar-refractivity contribution is -0.307. The average Bonchev–Trinajstić information content (AvgIpc) is 3.44. The van der Waals surface area contributed by atoms with Crippen LogP contribution in [-0.4, -0.2) is 185 Å². The van der Waals surface area contributed by atoms with Crippen molar-refractivity contribution in [1.29, 1.82) is 0 Å². The minimum atomic E-state index is -1.62. The van der Waals surface area contributed by atoms with Gasteiger partial charge < -0.3 is 103 Å². The van der Waals surface area contributed by atoms with Crippen LogP contribution in [0.2, 0.25) is 0 Å². The molecule has 3 saturated heterocycles. The summed E-state index contributed by atoms with van der Waals surface area (Å²) in [5.41, 5.74) is 31.6. The first kappa shape index (κ1) is 41.4. The van der Waals surface area contributed by atoms with E-state index in [1.54, 1.807) is 7.11 Å². The van der Waals surface area contributed by atoms with E-state index in [-0.39, 0.29) is 19.5 Å². The summed E-state index contributed by atoms with van der Waals surface area (Å²) >= 11 is 0. The summed E-state index contributed by atoms with van der Waals surface area (Å²) in [5.74, 6) is 0.742. The molecule has 0 spiro atoms. The molecule has 3 aliphatic heterocycles. The molecule has 0 aromatic heterocycles. The second-order valence-corrected chi connectivity index (χ2v) is 13.8. The van der Waals surface area contributed by atoms with Crippen LogP contribution in [0.4, 0.5) is 0 Å². The molecule has 19 atom stereocenters. The average molecular weight is 749 g/mol. The number of aliphatic hydroxyl groups is 7. The standard InChI is InChI=1S/C32H56N6O14/c1-46-13-4-2-12(3-5-13)6-7-38-10-17-23(42)25(44)20(37)31(48-17)50-27-15(35)8-14(34)21(40)29(27)52-32-26(45)28(18(11-39)49-32)51-30-19(36)24(43)22(41)16(9-33)47-30/h2-5,14-32,38-45H,6-11,33-37H2,1H3/t14-,15+,16?,17-,18-,19-,20-,21+,22-,23-,24-,25-,26-,27-,28-,29-,30-,31-,32+/m1/s1. The predicted octanol–water partition coefficient (Wildman–Crippen LogP) is -7.01. The van der Waals surface area contributed by atoms with Gasteiger partial charge >= 0.3 is 0 Å². The van der Waals surface area contributed by atoms with E-state index in [9.17, 15) is 35.7 Å². The van der Waals surface area contributed by atoms with E-state index in [0.29, 0.717) is 13.0 Å². The van der Waals surface area contributed by atoms with Crippen LogP contribution in [0.25, 0.3) is 0 Å². The van der Waals surface area contributed by atoms with Crippen LogP contribution in [0, 0.1) is 0 Å². The fourth-order valence-corrected chi connectivity index (χ4v) is 6.99. The third-order valence-corrected chi connectivity index (χ3v) is 10.2. The van der Waals surface area contributed by atoms with Gasteiger partial charge in [0.2, 0.25) is 0 Å². The van der Waals surface area contributed by atoms with Crippen LogP contribution >= 0.6 is 0 Å². The van der Waals surface area contributed by atoms with Crippen molar-refractivity contribution in [1.82, 2.24) is 5.32 Å². The highest BCUT2D eigenvalue weighted by atomic mass is 16.8. The Labute approximate surface area is 301 Å². The third-order valence-electron chi connectivity index (χ3n) is 10.2. The van der Waals surface area contributed by atoms with E-state index in [2.05, 4.69) is 5.32 Å². The Kier molecular flexibility index (Phi) is 14.5. The van der Waals surface area contributed by atoms with Crippen molar-refractivity contribution in [2.75, 3.05) is 33.4 Å². The summed E-state index contributed by atoms with van der Waals surface area (Å²) in [7, 11) is 1.59. The second kappa shape index (κ2) is 18.3. The van der Waals surface area contributed by atoms with Crippen molar-refractivity contribution in [3.63, 3.8) is 0 Å². The van der Waals surface area contributed by atoms with Gasteiger partial charge in [-0.25, -0.2) is 0 Å². The smallest absolute Gasteiger partial charge is 0.187 e. The van der Waals surface area contributed by atoms with Crippen molar-refractivity contribution >= 4 is 0 Å². The zero-order chi connectivity index (χ0) is 37.9. The van der Waals surface area contributed by atoms with Crippen molar-refractivity contribution in [3.05, 3.63) is 29.8 Å². The number of methoxy groups -OCH3 is 1. The third kappa shape index (κ3) is 9.03. The molecule has 1 aromatic carbocycles. The van der Waals surface area contributed by atoms with Gasteiger partial charge in [0.05, 0.1) is 31.9 Å². The molecule has 0 amide bonds. The highest BCUT2D eigenvalue weighted by Crippen LogP contribution is 2.34. The van der Waals surface area contributed by atoms with Gasteiger partial charge in [-0.2, -0.15) is 0 Å². The Morgan fingerprint density at radius 2 is 1.23 bits per heavy atom. The second-order valence-electron chi connectivity index (χ2n) is 13.8. The molecule has 4 fully saturated rings. The first-order chi connectivity index (χ1) is 24.8. The fraction of sp³-hybridized carbons (Fsp3) is 0.812. The minimum Gasteiger partial charge on any atom is -0.497 e. The lowest BCUT2D eigenvalue weighted by atomic mass is 9.84. The molecule has 18 N–H and O–H groups in total. The predicted molar refractivity (Wildman–Crippen MR) is 179 cm³/mol. The molecule has 52 heavy (non-hydrogen) atoms. The first-order valence-electron chi connectivity index (χ1n) is 17.5. The van der Waals surface area contributed by atoms with Crippen LogP contribution < -0.4 is 38.7 Å². The number of ether oxygens (including phenoxy) is 7. The van der Waals surface area contributed by atoms with Gasteiger partial charge in [-0.15, -0.1) is 0 Å². The van der Waals surface area contributed by atoms with Gasteiger partial charge in [-0.3, -0.25) is 0 Å². The van der Waals surface area contributed by atoms with Gasteiger partial charge in [0.25, 0.3) is 0 Å². The van der Waals surface area contributed by atoms with E-state index in [0.717, 1.165) is 11.3 Å². The van der Waals surface area contributed by atoms with E-state index in [4.69, 9.17) is 61.8 Å². The molecule has 20 heteroatoms. The topological polar surface area (TPSA) is 348 Å². The summed E-state index contributed by atoms with van der Waals surface area (Å²) in [5, 5.41) is 78.0. The molecule has 20 nitrogen and oxygen atoms in total. The molecule has 1 aromatic rings. The molecular formula is C32H56N6O14. The maximum absolute atomic E-state index is 11.3. The van der Waals surface area contributed by atoms with Crippen molar-refractivity contribution in [3.8, 4) is 5.75 Å². The highest BCUT2D eigenvalue weighted by molar-refractivity contribution is 5.27. The molecule has 3 heterocycles. The number of aliphatic hydroxyl groups excluding tert-OH is 7. The van der Waals surface area contributed by atoms with E-state index in [1.807, 2.05) is 24.3 Å². The first-order valence-corrected chi connectivity index (χ1v) is 17.5. The molecule has 0 bridgehead atoms. The summed E-state index contributed by atoms with van der Waals surface area (Å²) < 4.78 is 40.7. The van der Waals surface area contributed by atoms with Crippen LogP contribution in [0.1, 0.15) is 12.0 Å². The van der Waals surface area contributed by atoms with E-state index < -0.39 is 123 Å². The Balaban J connectivity index is 1.24. The van der Waals surface area contributed by atoms with Crippen LogP contribution in [0.3, 0.4) is 0 Å². The zero-order valence-corrected chi connectivity index (χ0v) is 28.9. The number of nitrogens with two attached hydrogens (primary N) is 5. The lowest BCUT2D eigenvalue weighted by Gasteiger charge is -2.47. The van der Waals surface area contributed by atoms with E-state index >= 15 is 0 Å². The van der Waals surface area contributed by atoms with Crippen LogP contribution in [0.15, 0.2) is 24.3 Å². The van der Waals surface area contributed by atoms with Gasteiger partial charge in [-0.1, -0.05) is 12.1 Å². The summed E-state index contributed by atoms with van der Waals surface area (Å²) in [6.07, 6.45) is -19.2. The normalized spacial score (nSPS) is 45.6. The highest BCUT2D eigenvalue weighted by Gasteiger charge is 2.54. The number of benzene rings is 1. The molecule has 4 aliphatic rings. The Morgan fingerprint density at radius 1 is 0.673 bits per heavy atom. The molecule has 5 rings (SSSR count). The molecule has 1 unspecified atom stereocenters. The van der Waals surface area contributed by atoms with Gasteiger partial charge in [0.1, 0.15) is 72.9 Å². The molecule has 1 aliphatic carbocycles. The Morgan fingerprint density at radius 3 is 1.83 bits per heavy atom. The number of hydrogen-bond acceptors (Lipinski definition) is 20. The maximum atomic E-state index is 11.3. The Bertz CT molecular complexity index is 1240. The van der Waals surface area contributed by atoms with Gasteiger partial charge in [0.15, 0.2) is 18.9 Å².